The first-order valence-electron chi connectivity index (χ1n) is 32.5. The number of benzene rings is 4. The molecule has 0 aliphatic carbocycles. The van der Waals surface area contributed by atoms with Gasteiger partial charge in [-0.25, -0.2) is 0 Å². The van der Waals surface area contributed by atoms with Crippen LogP contribution >= 0.6 is 0 Å². The largest absolute Gasteiger partial charge is 0.508 e. The van der Waals surface area contributed by atoms with Gasteiger partial charge < -0.3 is 60.8 Å². The number of carbonyl (C=O) groups is 4. The number of aromatic hydroxyl groups is 8. The molecule has 0 spiro atoms. The summed E-state index contributed by atoms with van der Waals surface area (Å²) < 4.78 is 0. The highest BCUT2D eigenvalue weighted by Crippen LogP contribution is 2.37. The molecule has 0 bridgehead atoms. The first-order valence-corrected chi connectivity index (χ1v) is 32.5. The molecule has 20 nitrogen and oxygen atoms in total. The molecule has 12 N–H and O–H groups in total. The molecule has 0 fully saturated rings. The van der Waals surface area contributed by atoms with E-state index in [1.165, 1.54) is 73.3 Å². The molecule has 0 radical (unpaired) electrons. The van der Waals surface area contributed by atoms with Gasteiger partial charge >= 0.3 is 0 Å². The minimum atomic E-state index is -0.587. The van der Waals surface area contributed by atoms with Gasteiger partial charge in [-0.1, -0.05) is 157 Å². The predicted octanol–water partition coefficient (Wildman–Crippen LogP) is 14.8. The van der Waals surface area contributed by atoms with Crippen molar-refractivity contribution in [3.05, 3.63) is 186 Å². The highest BCUT2D eigenvalue weighted by Gasteiger charge is 2.30. The molecular weight excluding hydrogens is 1220 g/mol. The number of nitrogens with one attached hydrogen (secondary N) is 4. The molecule has 4 heterocycles. The van der Waals surface area contributed by atoms with Crippen molar-refractivity contribution in [3.63, 3.8) is 0 Å². The topological polar surface area (TPSA) is 362 Å². The molecule has 8 rings (SSSR count). The summed E-state index contributed by atoms with van der Waals surface area (Å²) in [6.45, 7) is 23.6. The lowest BCUT2D eigenvalue weighted by Gasteiger charge is -2.16. The fourth-order valence-corrected chi connectivity index (χ4v) is 10.9. The molecular formula is C76H92N4O16. The summed E-state index contributed by atoms with van der Waals surface area (Å²) in [5, 5.41) is 79.5. The third-order valence-electron chi connectivity index (χ3n) is 17.6. The molecule has 512 valence electrons. The van der Waals surface area contributed by atoms with Gasteiger partial charge in [0.05, 0.1) is 0 Å². The van der Waals surface area contributed by atoms with Gasteiger partial charge in [0, 0.05) is 70.7 Å². The smallest absolute Gasteiger partial charge is 0.262 e. The molecule has 20 heteroatoms. The Balaban J connectivity index is 0.000000231. The van der Waals surface area contributed by atoms with Crippen LogP contribution in [-0.2, 0) is 0 Å². The lowest BCUT2D eigenvalue weighted by Crippen LogP contribution is -2.23. The standard InChI is InChI=1S/4C19H23NO4/c4*1-4-11(2)9-12(3)17(22)16-18(23)15(10-20-19(16)24)13-5-7-14(21)8-6-13/h4*5-8,10-12,21H,4,9H2,1-3H3,(H2,20,23,24)/t4*11-,12+/m1111/s1. The van der Waals surface area contributed by atoms with Gasteiger partial charge in [-0.2, -0.15) is 0 Å². The Bertz CT molecular complexity index is 3650. The van der Waals surface area contributed by atoms with Crippen LogP contribution in [0.3, 0.4) is 0 Å². The Labute approximate surface area is 558 Å². The number of Topliss-reactive ketones (excluding diaryl/α,β-unsaturated/α-hetero) is 4. The van der Waals surface area contributed by atoms with Crippen LogP contribution in [0, 0.1) is 47.3 Å². The van der Waals surface area contributed by atoms with E-state index >= 15 is 0 Å². The number of aromatic nitrogens is 4. The van der Waals surface area contributed by atoms with Gasteiger partial charge in [-0.05, 0) is 120 Å². The van der Waals surface area contributed by atoms with Crippen LogP contribution in [0.15, 0.2) is 141 Å². The minimum absolute atomic E-state index is 0.0983. The molecule has 8 atom stereocenters. The number of aromatic amines is 4. The van der Waals surface area contributed by atoms with Gasteiger partial charge in [-0.15, -0.1) is 0 Å². The van der Waals surface area contributed by atoms with E-state index in [-0.39, 0.29) is 115 Å². The zero-order valence-electron chi connectivity index (χ0n) is 56.7. The van der Waals surface area contributed by atoms with Crippen molar-refractivity contribution in [3.8, 4) is 90.5 Å². The summed E-state index contributed by atoms with van der Waals surface area (Å²) in [5.74, 6) is -2.19. The highest BCUT2D eigenvalue weighted by molar-refractivity contribution is 6.04. The van der Waals surface area contributed by atoms with Crippen molar-refractivity contribution in [2.24, 2.45) is 47.3 Å². The van der Waals surface area contributed by atoms with Crippen molar-refractivity contribution < 1.29 is 60.0 Å². The van der Waals surface area contributed by atoms with E-state index in [9.17, 15) is 79.2 Å². The second-order valence-corrected chi connectivity index (χ2v) is 25.3. The number of hydrogen-bond donors (Lipinski definition) is 12. The average Bonchev–Trinajstić information content (AvgIpc) is 0.820. The molecule has 4 aromatic carbocycles. The number of H-pyrrole nitrogens is 4. The average molecular weight is 1320 g/mol. The van der Waals surface area contributed by atoms with Gasteiger partial charge in [0.2, 0.25) is 0 Å². The van der Waals surface area contributed by atoms with Crippen LogP contribution in [0.2, 0.25) is 0 Å². The first kappa shape index (κ1) is 76.5. The monoisotopic (exact) mass is 1320 g/mol. The Morgan fingerprint density at radius 2 is 0.448 bits per heavy atom. The lowest BCUT2D eigenvalue weighted by molar-refractivity contribution is 0.0901. The van der Waals surface area contributed by atoms with Crippen molar-refractivity contribution in [2.45, 2.75) is 134 Å². The second kappa shape index (κ2) is 35.3. The van der Waals surface area contributed by atoms with E-state index in [0.29, 0.717) is 93.9 Å². The summed E-state index contributed by atoms with van der Waals surface area (Å²) in [5.41, 5.74) is 0.690. The van der Waals surface area contributed by atoms with Crippen molar-refractivity contribution in [2.75, 3.05) is 0 Å². The Kier molecular flexibility index (Phi) is 28.1. The minimum Gasteiger partial charge on any atom is -0.508 e. The summed E-state index contributed by atoms with van der Waals surface area (Å²) in [6, 6.07) is 24.7. The van der Waals surface area contributed by atoms with Gasteiger partial charge in [0.25, 0.3) is 22.2 Å². The van der Waals surface area contributed by atoms with Crippen LogP contribution in [0.25, 0.3) is 44.5 Å². The number of ketones is 4. The van der Waals surface area contributed by atoms with Gasteiger partial charge in [0.1, 0.15) is 68.2 Å². The Morgan fingerprint density at radius 3 is 0.594 bits per heavy atom. The molecule has 0 saturated carbocycles. The van der Waals surface area contributed by atoms with Crippen LogP contribution in [0.4, 0.5) is 0 Å². The quantitative estimate of drug-likeness (QED) is 0.0250. The highest BCUT2D eigenvalue weighted by atomic mass is 16.3. The predicted molar refractivity (Wildman–Crippen MR) is 374 cm³/mol. The number of hydrogen-bond acceptors (Lipinski definition) is 16. The fourth-order valence-electron chi connectivity index (χ4n) is 10.9. The van der Waals surface area contributed by atoms with E-state index in [1.807, 2.05) is 0 Å². The first-order chi connectivity index (χ1) is 45.4. The number of pyridine rings is 4. The molecule has 0 amide bonds. The normalized spacial score (nSPS) is 13.5. The number of carbonyl (C=O) groups excluding carboxylic acids is 4. The second-order valence-electron chi connectivity index (χ2n) is 25.3. The zero-order chi connectivity index (χ0) is 71.4. The molecule has 8 aromatic rings. The van der Waals surface area contributed by atoms with Gasteiger partial charge in [0.15, 0.2) is 23.1 Å². The van der Waals surface area contributed by atoms with Crippen LogP contribution < -0.4 is 22.2 Å². The van der Waals surface area contributed by atoms with Crippen molar-refractivity contribution >= 4 is 23.1 Å². The van der Waals surface area contributed by atoms with E-state index in [0.717, 1.165) is 25.7 Å². The maximum atomic E-state index is 12.7. The van der Waals surface area contributed by atoms with E-state index in [2.05, 4.69) is 75.3 Å². The number of rotatable bonds is 24. The lowest BCUT2D eigenvalue weighted by atomic mass is 9.88. The van der Waals surface area contributed by atoms with Gasteiger partial charge in [-0.3, -0.25) is 38.4 Å². The van der Waals surface area contributed by atoms with E-state index in [1.54, 1.807) is 76.2 Å². The number of phenols is 4. The Hall–Kier alpha value is -10.2. The molecule has 0 unspecified atom stereocenters. The SMILES string of the molecule is CC[C@@H](C)C[C@H](C)C(=O)c1c(O)c(-c2ccc(O)cc2)c[nH]c1=O.CC[C@@H](C)C[C@H](C)C(=O)c1c(O)c(-c2ccc(O)cc2)c[nH]c1=O.CC[C@@H](C)C[C@H](C)C(=O)c1c(O)c(-c2ccc(O)cc2)c[nH]c1=O.CC[C@@H](C)C[C@H](C)C(=O)c1c(O)c(-c2ccc(O)cc2)c[nH]c1=O. The van der Waals surface area contributed by atoms with Crippen LogP contribution in [0.5, 0.6) is 46.0 Å². The van der Waals surface area contributed by atoms with Crippen LogP contribution in [-0.4, -0.2) is 83.9 Å². The fraction of sp³-hybridized carbons (Fsp3) is 0.368. The number of phenolic OH excluding ortho intramolecular Hbond substituents is 4. The summed E-state index contributed by atoms with van der Waals surface area (Å²) >= 11 is 0. The summed E-state index contributed by atoms with van der Waals surface area (Å²) in [7, 11) is 0. The molecule has 96 heavy (non-hydrogen) atoms. The Morgan fingerprint density at radius 1 is 0.292 bits per heavy atom. The molecule has 0 aliphatic rings. The molecule has 0 saturated heterocycles. The van der Waals surface area contributed by atoms with Crippen LogP contribution in [0.1, 0.15) is 176 Å². The van der Waals surface area contributed by atoms with Crippen molar-refractivity contribution in [1.82, 2.24) is 19.9 Å². The summed E-state index contributed by atoms with van der Waals surface area (Å²) in [6.07, 6.45) is 12.0. The maximum Gasteiger partial charge on any atom is 0.262 e. The molecule has 0 aliphatic heterocycles. The maximum absolute atomic E-state index is 12.7. The van der Waals surface area contributed by atoms with E-state index < -0.39 is 22.2 Å². The zero-order valence-corrected chi connectivity index (χ0v) is 56.7. The third kappa shape index (κ3) is 19.9. The third-order valence-corrected chi connectivity index (χ3v) is 17.6. The van der Waals surface area contributed by atoms with Crippen molar-refractivity contribution in [1.29, 1.82) is 0 Å². The molecule has 4 aromatic heterocycles. The summed E-state index contributed by atoms with van der Waals surface area (Å²) in [4.78, 5) is 109. The van der Waals surface area contributed by atoms with E-state index in [4.69, 9.17) is 0 Å².